The maximum absolute atomic E-state index is 5.79. The molecule has 0 spiro atoms. The van der Waals surface area contributed by atoms with Crippen molar-refractivity contribution in [3.8, 4) is 0 Å². The Hall–Kier alpha value is -1.28. The lowest BCUT2D eigenvalue weighted by Crippen LogP contribution is -2.27. The van der Waals surface area contributed by atoms with E-state index in [1.54, 1.807) is 0 Å². The van der Waals surface area contributed by atoms with Crippen molar-refractivity contribution in [2.24, 2.45) is 12.8 Å². The van der Waals surface area contributed by atoms with Gasteiger partial charge in [-0.25, -0.2) is 0 Å². The minimum Gasteiger partial charge on any atom is -0.351 e. The van der Waals surface area contributed by atoms with Crippen molar-refractivity contribution in [3.63, 3.8) is 0 Å². The summed E-state index contributed by atoms with van der Waals surface area (Å²) in [4.78, 5) is 0. The second-order valence-corrected chi connectivity index (χ2v) is 4.79. The number of aromatic nitrogens is 1. The van der Waals surface area contributed by atoms with Gasteiger partial charge in [0, 0.05) is 30.7 Å². The van der Waals surface area contributed by atoms with Gasteiger partial charge >= 0.3 is 0 Å². The molecule has 0 aliphatic rings. The Morgan fingerprint density at radius 1 is 1.27 bits per heavy atom. The molecule has 2 aromatic rings. The van der Waals surface area contributed by atoms with E-state index in [1.165, 1.54) is 16.5 Å². The third-order valence-corrected chi connectivity index (χ3v) is 3.18. The second-order valence-electron chi connectivity index (χ2n) is 4.79. The zero-order valence-corrected chi connectivity index (χ0v) is 9.62. The Labute approximate surface area is 90.7 Å². The molecule has 0 saturated heterocycles. The van der Waals surface area contributed by atoms with E-state index < -0.39 is 0 Å². The molecule has 2 rings (SSSR count). The zero-order chi connectivity index (χ0) is 11.1. The van der Waals surface area contributed by atoms with Crippen LogP contribution in [0.4, 0.5) is 0 Å². The molecule has 0 aliphatic carbocycles. The van der Waals surface area contributed by atoms with Crippen molar-refractivity contribution in [1.29, 1.82) is 0 Å². The van der Waals surface area contributed by atoms with E-state index in [-0.39, 0.29) is 5.41 Å². The largest absolute Gasteiger partial charge is 0.351 e. The quantitative estimate of drug-likeness (QED) is 0.796. The number of hydrogen-bond acceptors (Lipinski definition) is 1. The summed E-state index contributed by atoms with van der Waals surface area (Å²) in [6.07, 6.45) is 2.09. The van der Waals surface area contributed by atoms with Gasteiger partial charge < -0.3 is 10.3 Å². The Bertz CT molecular complexity index is 480. The van der Waals surface area contributed by atoms with Gasteiger partial charge in [-0.05, 0) is 23.1 Å². The van der Waals surface area contributed by atoms with Crippen molar-refractivity contribution in [3.05, 3.63) is 36.0 Å². The minimum atomic E-state index is 0.0540. The molecule has 2 N–H and O–H groups in total. The molecule has 0 fully saturated rings. The Balaban J connectivity index is 2.59. The van der Waals surface area contributed by atoms with Crippen molar-refractivity contribution >= 4 is 10.9 Å². The topological polar surface area (TPSA) is 30.9 Å². The number of benzene rings is 1. The van der Waals surface area contributed by atoms with Crippen LogP contribution in [0.25, 0.3) is 10.9 Å². The molecule has 80 valence electrons. The fourth-order valence-corrected chi connectivity index (χ4v) is 1.80. The van der Waals surface area contributed by atoms with Gasteiger partial charge in [-0.2, -0.15) is 0 Å². The first-order valence-electron chi connectivity index (χ1n) is 5.30. The van der Waals surface area contributed by atoms with Crippen LogP contribution in [0.2, 0.25) is 0 Å². The fourth-order valence-electron chi connectivity index (χ4n) is 1.80. The Morgan fingerprint density at radius 2 is 2.00 bits per heavy atom. The van der Waals surface area contributed by atoms with Crippen LogP contribution < -0.4 is 5.73 Å². The van der Waals surface area contributed by atoms with E-state index in [0.717, 1.165) is 0 Å². The molecule has 0 unspecified atom stereocenters. The minimum absolute atomic E-state index is 0.0540. The summed E-state index contributed by atoms with van der Waals surface area (Å²) in [5.74, 6) is 0. The first-order chi connectivity index (χ1) is 7.04. The van der Waals surface area contributed by atoms with Gasteiger partial charge in [-0.15, -0.1) is 0 Å². The fraction of sp³-hybridized carbons (Fsp3) is 0.385. The molecule has 15 heavy (non-hydrogen) atoms. The van der Waals surface area contributed by atoms with Crippen LogP contribution in [-0.2, 0) is 12.5 Å². The smallest absolute Gasteiger partial charge is 0.0480 e. The van der Waals surface area contributed by atoms with Crippen LogP contribution in [0.15, 0.2) is 30.5 Å². The summed E-state index contributed by atoms with van der Waals surface area (Å²) < 4.78 is 2.14. The van der Waals surface area contributed by atoms with E-state index in [9.17, 15) is 0 Å². The first kappa shape index (κ1) is 10.2. The summed E-state index contributed by atoms with van der Waals surface area (Å²) in [5.41, 5.74) is 8.42. The van der Waals surface area contributed by atoms with E-state index in [0.29, 0.717) is 6.54 Å². The van der Waals surface area contributed by atoms with E-state index in [2.05, 4.69) is 55.9 Å². The predicted octanol–water partition coefficient (Wildman–Crippen LogP) is 2.41. The molecule has 0 amide bonds. The Kier molecular flexibility index (Phi) is 2.31. The lowest BCUT2D eigenvalue weighted by atomic mass is 9.84. The molecule has 0 atom stereocenters. The van der Waals surface area contributed by atoms with Gasteiger partial charge in [0.2, 0.25) is 0 Å². The lowest BCUT2D eigenvalue weighted by molar-refractivity contribution is 0.539. The van der Waals surface area contributed by atoms with Crippen LogP contribution in [0.1, 0.15) is 19.4 Å². The SMILES string of the molecule is Cn1ccc2ccc(C(C)(C)CN)cc21. The highest BCUT2D eigenvalue weighted by molar-refractivity contribution is 5.81. The number of fused-ring (bicyclic) bond motifs is 1. The molecule has 1 aromatic heterocycles. The molecule has 1 heterocycles. The molecule has 2 nitrogen and oxygen atoms in total. The van der Waals surface area contributed by atoms with Crippen molar-refractivity contribution in [1.82, 2.24) is 4.57 Å². The number of hydrogen-bond donors (Lipinski definition) is 1. The molecule has 0 radical (unpaired) electrons. The molecule has 0 saturated carbocycles. The van der Waals surface area contributed by atoms with Gasteiger partial charge in [-0.3, -0.25) is 0 Å². The third-order valence-electron chi connectivity index (χ3n) is 3.18. The van der Waals surface area contributed by atoms with Gasteiger partial charge in [0.15, 0.2) is 0 Å². The summed E-state index contributed by atoms with van der Waals surface area (Å²) in [6, 6.07) is 8.72. The summed E-state index contributed by atoms with van der Waals surface area (Å²) in [5, 5.41) is 1.29. The third kappa shape index (κ3) is 1.65. The van der Waals surface area contributed by atoms with Gasteiger partial charge in [0.25, 0.3) is 0 Å². The predicted molar refractivity (Wildman–Crippen MR) is 65.0 cm³/mol. The maximum Gasteiger partial charge on any atom is 0.0480 e. The molecular weight excluding hydrogens is 184 g/mol. The average molecular weight is 202 g/mol. The van der Waals surface area contributed by atoms with E-state index in [1.807, 2.05) is 0 Å². The molecule has 0 bridgehead atoms. The number of rotatable bonds is 2. The molecule has 1 aromatic carbocycles. The number of nitrogens with two attached hydrogens (primary N) is 1. The van der Waals surface area contributed by atoms with Crippen LogP contribution >= 0.6 is 0 Å². The summed E-state index contributed by atoms with van der Waals surface area (Å²) in [6.45, 7) is 5.02. The van der Waals surface area contributed by atoms with Crippen LogP contribution in [-0.4, -0.2) is 11.1 Å². The Morgan fingerprint density at radius 3 is 2.67 bits per heavy atom. The van der Waals surface area contributed by atoms with Crippen molar-refractivity contribution in [2.75, 3.05) is 6.54 Å². The average Bonchev–Trinajstić information content (AvgIpc) is 2.60. The number of nitrogens with zero attached hydrogens (tertiary/aromatic N) is 1. The normalized spacial score (nSPS) is 12.3. The highest BCUT2D eigenvalue weighted by Crippen LogP contribution is 2.25. The van der Waals surface area contributed by atoms with Crippen molar-refractivity contribution in [2.45, 2.75) is 19.3 Å². The van der Waals surface area contributed by atoms with Crippen LogP contribution in [0.5, 0.6) is 0 Å². The van der Waals surface area contributed by atoms with E-state index >= 15 is 0 Å². The lowest BCUT2D eigenvalue weighted by Gasteiger charge is -2.23. The van der Waals surface area contributed by atoms with Crippen molar-refractivity contribution < 1.29 is 0 Å². The van der Waals surface area contributed by atoms with Gasteiger partial charge in [0.05, 0.1) is 0 Å². The maximum atomic E-state index is 5.79. The molecular formula is C13H18N2. The summed E-state index contributed by atoms with van der Waals surface area (Å²) >= 11 is 0. The van der Waals surface area contributed by atoms with Gasteiger partial charge in [0.1, 0.15) is 0 Å². The van der Waals surface area contributed by atoms with Gasteiger partial charge in [-0.1, -0.05) is 26.0 Å². The molecule has 2 heteroatoms. The monoisotopic (exact) mass is 202 g/mol. The van der Waals surface area contributed by atoms with Crippen LogP contribution in [0, 0.1) is 0 Å². The molecule has 0 aliphatic heterocycles. The first-order valence-corrected chi connectivity index (χ1v) is 5.30. The highest BCUT2D eigenvalue weighted by atomic mass is 14.9. The summed E-state index contributed by atoms with van der Waals surface area (Å²) in [7, 11) is 2.07. The van der Waals surface area contributed by atoms with E-state index in [4.69, 9.17) is 5.73 Å². The zero-order valence-electron chi connectivity index (χ0n) is 9.62. The highest BCUT2D eigenvalue weighted by Gasteiger charge is 2.18. The standard InChI is InChI=1S/C13H18N2/c1-13(2,9-14)11-5-4-10-6-7-15(3)12(10)8-11/h4-8H,9,14H2,1-3H3. The van der Waals surface area contributed by atoms with Crippen LogP contribution in [0.3, 0.4) is 0 Å². The second kappa shape index (κ2) is 3.38. The number of aryl methyl sites for hydroxylation is 1.